The van der Waals surface area contributed by atoms with Crippen LogP contribution in [0.3, 0.4) is 0 Å². The number of ether oxygens (including phenoxy) is 1. The summed E-state index contributed by atoms with van der Waals surface area (Å²) in [6.07, 6.45) is 1.66. The Hall–Kier alpha value is -1.92. The molecule has 0 bridgehead atoms. The monoisotopic (exact) mass is 306 g/mol. The Labute approximate surface area is 124 Å². The average Bonchev–Trinajstić information content (AvgIpc) is 2.49. The van der Waals surface area contributed by atoms with Crippen LogP contribution in [0.1, 0.15) is 11.3 Å². The molecule has 1 aromatic heterocycles. The first-order valence-electron chi connectivity index (χ1n) is 6.59. The highest BCUT2D eigenvalue weighted by Gasteiger charge is 2.14. The summed E-state index contributed by atoms with van der Waals surface area (Å²) in [5.41, 5.74) is 7.13. The second-order valence-corrected chi connectivity index (χ2v) is 6.71. The molecule has 0 saturated carbocycles. The Kier molecular flexibility index (Phi) is 4.93. The van der Waals surface area contributed by atoms with Crippen LogP contribution in [0.15, 0.2) is 47.5 Å². The fourth-order valence-electron chi connectivity index (χ4n) is 1.83. The molecule has 112 valence electrons. The molecule has 0 amide bonds. The third-order valence-electron chi connectivity index (χ3n) is 3.09. The lowest BCUT2D eigenvalue weighted by Gasteiger charge is -2.09. The van der Waals surface area contributed by atoms with Crippen molar-refractivity contribution in [1.29, 1.82) is 0 Å². The van der Waals surface area contributed by atoms with E-state index in [1.807, 2.05) is 6.92 Å². The van der Waals surface area contributed by atoms with Gasteiger partial charge < -0.3 is 10.5 Å². The molecule has 5 nitrogen and oxygen atoms in total. The van der Waals surface area contributed by atoms with E-state index in [1.54, 1.807) is 42.6 Å². The Morgan fingerprint density at radius 3 is 2.52 bits per heavy atom. The molecule has 0 unspecified atom stereocenters. The van der Waals surface area contributed by atoms with E-state index in [9.17, 15) is 8.42 Å². The van der Waals surface area contributed by atoms with E-state index in [1.165, 1.54) is 0 Å². The van der Waals surface area contributed by atoms with Gasteiger partial charge in [0, 0.05) is 12.7 Å². The number of aryl methyl sites for hydroxylation is 1. The van der Waals surface area contributed by atoms with Crippen molar-refractivity contribution in [1.82, 2.24) is 4.98 Å². The molecule has 0 aliphatic heterocycles. The van der Waals surface area contributed by atoms with Crippen molar-refractivity contribution in [3.8, 4) is 5.75 Å². The van der Waals surface area contributed by atoms with Gasteiger partial charge in [0.1, 0.15) is 12.4 Å². The van der Waals surface area contributed by atoms with E-state index in [0.29, 0.717) is 12.3 Å². The SMILES string of the molecule is Cc1ncccc1OCCS(=O)(=O)c1ccc(CN)cc1. The minimum absolute atomic E-state index is 0.0801. The number of sulfone groups is 1. The molecule has 1 aromatic carbocycles. The third-order valence-corrected chi connectivity index (χ3v) is 4.78. The highest BCUT2D eigenvalue weighted by molar-refractivity contribution is 7.91. The maximum Gasteiger partial charge on any atom is 0.181 e. The van der Waals surface area contributed by atoms with Crippen LogP contribution in [-0.2, 0) is 16.4 Å². The summed E-state index contributed by atoms with van der Waals surface area (Å²) in [4.78, 5) is 4.37. The zero-order valence-corrected chi connectivity index (χ0v) is 12.6. The number of nitrogens with zero attached hydrogens (tertiary/aromatic N) is 1. The molecule has 0 aliphatic carbocycles. The van der Waals surface area contributed by atoms with Gasteiger partial charge in [0.25, 0.3) is 0 Å². The summed E-state index contributed by atoms with van der Waals surface area (Å²) in [6, 6.07) is 10.1. The third kappa shape index (κ3) is 4.03. The highest BCUT2D eigenvalue weighted by Crippen LogP contribution is 2.15. The predicted octanol–water partition coefficient (Wildman–Crippen LogP) is 1.70. The summed E-state index contributed by atoms with van der Waals surface area (Å²) < 4.78 is 29.8. The normalized spacial score (nSPS) is 11.3. The number of hydrogen-bond acceptors (Lipinski definition) is 5. The maximum absolute atomic E-state index is 12.2. The van der Waals surface area contributed by atoms with Crippen LogP contribution in [-0.4, -0.2) is 25.8 Å². The summed E-state index contributed by atoms with van der Waals surface area (Å²) in [5, 5.41) is 0. The standard InChI is InChI=1S/C15H18N2O3S/c1-12-15(3-2-8-17-12)20-9-10-21(18,19)14-6-4-13(11-16)5-7-14/h2-8H,9-11,16H2,1H3. The Morgan fingerprint density at radius 2 is 1.90 bits per heavy atom. The number of hydrogen-bond donors (Lipinski definition) is 1. The lowest BCUT2D eigenvalue weighted by Crippen LogP contribution is -2.15. The minimum Gasteiger partial charge on any atom is -0.491 e. The molecule has 0 saturated heterocycles. The lowest BCUT2D eigenvalue weighted by molar-refractivity contribution is 0.337. The van der Waals surface area contributed by atoms with Gasteiger partial charge in [-0.3, -0.25) is 4.98 Å². The number of benzene rings is 1. The summed E-state index contributed by atoms with van der Waals surface area (Å²) in [7, 11) is -3.35. The molecule has 21 heavy (non-hydrogen) atoms. The van der Waals surface area contributed by atoms with Crippen molar-refractivity contribution in [3.63, 3.8) is 0 Å². The zero-order valence-electron chi connectivity index (χ0n) is 11.8. The minimum atomic E-state index is -3.35. The molecule has 0 spiro atoms. The molecule has 2 aromatic rings. The van der Waals surface area contributed by atoms with Crippen LogP contribution in [0.5, 0.6) is 5.75 Å². The van der Waals surface area contributed by atoms with E-state index in [2.05, 4.69) is 4.98 Å². The van der Waals surface area contributed by atoms with E-state index >= 15 is 0 Å². The van der Waals surface area contributed by atoms with E-state index in [-0.39, 0.29) is 17.3 Å². The Balaban J connectivity index is 1.99. The molecule has 0 aliphatic rings. The molecule has 2 N–H and O–H groups in total. The first-order chi connectivity index (χ1) is 10.0. The van der Waals surface area contributed by atoms with Crippen LogP contribution < -0.4 is 10.5 Å². The average molecular weight is 306 g/mol. The van der Waals surface area contributed by atoms with Gasteiger partial charge >= 0.3 is 0 Å². The smallest absolute Gasteiger partial charge is 0.181 e. The van der Waals surface area contributed by atoms with Crippen molar-refractivity contribution in [2.75, 3.05) is 12.4 Å². The molecule has 6 heteroatoms. The number of pyridine rings is 1. The van der Waals surface area contributed by atoms with Gasteiger partial charge in [-0.15, -0.1) is 0 Å². The molecule has 2 rings (SSSR count). The largest absolute Gasteiger partial charge is 0.491 e. The molecular formula is C15H18N2O3S. The lowest BCUT2D eigenvalue weighted by atomic mass is 10.2. The van der Waals surface area contributed by atoms with E-state index in [4.69, 9.17) is 10.5 Å². The van der Waals surface area contributed by atoms with Gasteiger partial charge in [0.05, 0.1) is 16.3 Å². The van der Waals surface area contributed by atoms with Crippen LogP contribution in [0, 0.1) is 6.92 Å². The molecule has 0 atom stereocenters. The molecular weight excluding hydrogens is 288 g/mol. The summed E-state index contributed by atoms with van der Waals surface area (Å²) >= 11 is 0. The first-order valence-corrected chi connectivity index (χ1v) is 8.24. The van der Waals surface area contributed by atoms with Gasteiger partial charge in [0.2, 0.25) is 0 Å². The second-order valence-electron chi connectivity index (χ2n) is 4.60. The molecule has 0 radical (unpaired) electrons. The van der Waals surface area contributed by atoms with Gasteiger partial charge in [-0.2, -0.15) is 0 Å². The second kappa shape index (κ2) is 6.69. The molecule has 1 heterocycles. The fraction of sp³-hybridized carbons (Fsp3) is 0.267. The quantitative estimate of drug-likeness (QED) is 0.878. The van der Waals surface area contributed by atoms with Crippen LogP contribution >= 0.6 is 0 Å². The van der Waals surface area contributed by atoms with Gasteiger partial charge in [-0.25, -0.2) is 8.42 Å². The predicted molar refractivity (Wildman–Crippen MR) is 80.9 cm³/mol. The van der Waals surface area contributed by atoms with Crippen molar-refractivity contribution < 1.29 is 13.2 Å². The Morgan fingerprint density at radius 1 is 1.19 bits per heavy atom. The topological polar surface area (TPSA) is 82.3 Å². The van der Waals surface area contributed by atoms with E-state index < -0.39 is 9.84 Å². The number of rotatable bonds is 6. The van der Waals surface area contributed by atoms with Gasteiger partial charge in [-0.05, 0) is 36.8 Å². The van der Waals surface area contributed by atoms with Gasteiger partial charge in [-0.1, -0.05) is 12.1 Å². The van der Waals surface area contributed by atoms with Crippen molar-refractivity contribution >= 4 is 9.84 Å². The summed E-state index contributed by atoms with van der Waals surface area (Å²) in [5.74, 6) is 0.523. The Bertz CT molecular complexity index is 697. The number of nitrogens with two attached hydrogens (primary N) is 1. The fourth-order valence-corrected chi connectivity index (χ4v) is 2.92. The van der Waals surface area contributed by atoms with Crippen LogP contribution in [0.4, 0.5) is 0 Å². The van der Waals surface area contributed by atoms with Crippen LogP contribution in [0.2, 0.25) is 0 Å². The van der Waals surface area contributed by atoms with E-state index in [0.717, 1.165) is 11.3 Å². The first kappa shape index (κ1) is 15.5. The van der Waals surface area contributed by atoms with Crippen molar-refractivity contribution in [2.24, 2.45) is 5.73 Å². The summed E-state index contributed by atoms with van der Waals surface area (Å²) in [6.45, 7) is 2.30. The zero-order chi connectivity index (χ0) is 15.3. The molecule has 0 fully saturated rings. The van der Waals surface area contributed by atoms with Gasteiger partial charge in [0.15, 0.2) is 9.84 Å². The van der Waals surface area contributed by atoms with Crippen LogP contribution in [0.25, 0.3) is 0 Å². The number of aromatic nitrogens is 1. The maximum atomic E-state index is 12.2. The highest BCUT2D eigenvalue weighted by atomic mass is 32.2. The van der Waals surface area contributed by atoms with Crippen molar-refractivity contribution in [3.05, 3.63) is 53.9 Å². The van der Waals surface area contributed by atoms with Crippen molar-refractivity contribution in [2.45, 2.75) is 18.4 Å².